The van der Waals surface area contributed by atoms with Gasteiger partial charge in [0.25, 0.3) is 0 Å². The fourth-order valence-electron chi connectivity index (χ4n) is 1.96. The maximum Gasteiger partial charge on any atom is 0.0405 e. The minimum absolute atomic E-state index is 0.554. The normalized spacial score (nSPS) is 11.2. The van der Waals surface area contributed by atoms with Gasteiger partial charge in [-0.05, 0) is 24.0 Å². The van der Waals surface area contributed by atoms with Crippen LogP contribution >= 0.6 is 0 Å². The van der Waals surface area contributed by atoms with Crippen LogP contribution in [0.1, 0.15) is 44.7 Å². The summed E-state index contributed by atoms with van der Waals surface area (Å²) in [6, 6.07) is 7.08. The van der Waals surface area contributed by atoms with Crippen LogP contribution in [-0.2, 0) is 0 Å². The van der Waals surface area contributed by atoms with E-state index in [9.17, 15) is 0 Å². The summed E-state index contributed by atoms with van der Waals surface area (Å²) in [5.41, 5.74) is 4.06. The van der Waals surface area contributed by atoms with Gasteiger partial charge >= 0.3 is 0 Å². The first-order chi connectivity index (χ1) is 8.02. The Bertz CT molecular complexity index is 343. The Morgan fingerprint density at radius 3 is 2.35 bits per heavy atom. The monoisotopic (exact) mass is 234 g/mol. The van der Waals surface area contributed by atoms with Gasteiger partial charge in [-0.3, -0.25) is 0 Å². The molecule has 96 valence electrons. The Morgan fingerprint density at radius 2 is 1.76 bits per heavy atom. The van der Waals surface area contributed by atoms with Crippen molar-refractivity contribution in [2.45, 2.75) is 46.6 Å². The molecule has 0 amide bonds. The number of aryl methyl sites for hydroxylation is 1. The number of para-hydroxylation sites is 1. The molecule has 0 radical (unpaired) electrons. The zero-order valence-corrected chi connectivity index (χ0v) is 11.8. The molecule has 1 aromatic rings. The molecule has 0 aliphatic carbocycles. The quantitative estimate of drug-likeness (QED) is 0.736. The van der Waals surface area contributed by atoms with Crippen LogP contribution in [0.2, 0.25) is 0 Å². The van der Waals surface area contributed by atoms with Crippen molar-refractivity contribution in [2.75, 3.05) is 18.4 Å². The molecule has 0 bridgehead atoms. The molecule has 0 aromatic heterocycles. The van der Waals surface area contributed by atoms with Crippen molar-refractivity contribution in [1.82, 2.24) is 5.32 Å². The smallest absolute Gasteiger partial charge is 0.0405 e. The van der Waals surface area contributed by atoms with Crippen LogP contribution in [-0.4, -0.2) is 19.1 Å². The maximum atomic E-state index is 3.56. The molecule has 0 unspecified atom stereocenters. The van der Waals surface area contributed by atoms with Crippen molar-refractivity contribution >= 4 is 5.69 Å². The summed E-state index contributed by atoms with van der Waals surface area (Å²) >= 11 is 0. The molecule has 0 spiro atoms. The van der Waals surface area contributed by atoms with Gasteiger partial charge in [0.1, 0.15) is 0 Å². The van der Waals surface area contributed by atoms with Gasteiger partial charge in [-0.2, -0.15) is 0 Å². The van der Waals surface area contributed by atoms with Crippen molar-refractivity contribution < 1.29 is 0 Å². The summed E-state index contributed by atoms with van der Waals surface area (Å²) in [7, 11) is 0. The largest absolute Gasteiger partial charge is 0.383 e. The van der Waals surface area contributed by atoms with E-state index in [1.807, 2.05) is 0 Å². The second-order valence-corrected chi connectivity index (χ2v) is 5.23. The maximum absolute atomic E-state index is 3.56. The van der Waals surface area contributed by atoms with Gasteiger partial charge < -0.3 is 10.6 Å². The Hall–Kier alpha value is -1.02. The Balaban J connectivity index is 2.63. The number of anilines is 1. The Kier molecular flexibility index (Phi) is 5.49. The van der Waals surface area contributed by atoms with E-state index in [4.69, 9.17) is 0 Å². The molecule has 0 aliphatic heterocycles. The third kappa shape index (κ3) is 4.39. The summed E-state index contributed by atoms with van der Waals surface area (Å²) < 4.78 is 0. The fraction of sp³-hybridized carbons (Fsp3) is 0.600. The molecular weight excluding hydrogens is 208 g/mol. The second-order valence-electron chi connectivity index (χ2n) is 5.23. The summed E-state index contributed by atoms with van der Waals surface area (Å²) in [4.78, 5) is 0. The molecule has 17 heavy (non-hydrogen) atoms. The number of nitrogens with one attached hydrogen (secondary N) is 2. The van der Waals surface area contributed by atoms with Crippen LogP contribution in [0.4, 0.5) is 5.69 Å². The number of hydrogen-bond acceptors (Lipinski definition) is 2. The van der Waals surface area contributed by atoms with Gasteiger partial charge in [0.2, 0.25) is 0 Å². The van der Waals surface area contributed by atoms with Crippen LogP contribution in [0.3, 0.4) is 0 Å². The van der Waals surface area contributed by atoms with E-state index in [-0.39, 0.29) is 0 Å². The minimum Gasteiger partial charge on any atom is -0.383 e. The average Bonchev–Trinajstić information content (AvgIpc) is 2.25. The molecule has 2 heteroatoms. The lowest BCUT2D eigenvalue weighted by Gasteiger charge is -2.18. The molecule has 2 N–H and O–H groups in total. The zero-order chi connectivity index (χ0) is 12.8. The van der Waals surface area contributed by atoms with Gasteiger partial charge in [-0.1, -0.05) is 45.9 Å². The lowest BCUT2D eigenvalue weighted by Crippen LogP contribution is -2.28. The molecular formula is C15H26N2. The minimum atomic E-state index is 0.554. The highest BCUT2D eigenvalue weighted by Crippen LogP contribution is 2.26. The van der Waals surface area contributed by atoms with Gasteiger partial charge in [-0.15, -0.1) is 0 Å². The SMILES string of the molecule is Cc1cccc(C(C)C)c1NCCNC(C)C. The van der Waals surface area contributed by atoms with Crippen molar-refractivity contribution in [3.8, 4) is 0 Å². The molecule has 1 aromatic carbocycles. The molecule has 0 atom stereocenters. The molecule has 0 saturated heterocycles. The second kappa shape index (κ2) is 6.65. The standard InChI is InChI=1S/C15H26N2/c1-11(2)14-8-6-7-13(5)15(14)17-10-9-16-12(3)4/h6-8,11-12,16-17H,9-10H2,1-5H3. The summed E-state index contributed by atoms with van der Waals surface area (Å²) in [5, 5.41) is 6.98. The highest BCUT2D eigenvalue weighted by atomic mass is 15.0. The van der Waals surface area contributed by atoms with E-state index in [0.717, 1.165) is 13.1 Å². The predicted molar refractivity (Wildman–Crippen MR) is 76.9 cm³/mol. The summed E-state index contributed by atoms with van der Waals surface area (Å²) in [6.45, 7) is 13.0. The lowest BCUT2D eigenvalue weighted by molar-refractivity contribution is 0.602. The van der Waals surface area contributed by atoms with E-state index in [1.54, 1.807) is 0 Å². The third-order valence-electron chi connectivity index (χ3n) is 2.91. The highest BCUT2D eigenvalue weighted by molar-refractivity contribution is 5.58. The van der Waals surface area contributed by atoms with Crippen molar-refractivity contribution in [3.63, 3.8) is 0 Å². The fourth-order valence-corrected chi connectivity index (χ4v) is 1.96. The predicted octanol–water partition coefficient (Wildman–Crippen LogP) is 3.53. The Labute approximate surface area is 106 Å². The van der Waals surface area contributed by atoms with Crippen LogP contribution in [0.15, 0.2) is 18.2 Å². The first-order valence-corrected chi connectivity index (χ1v) is 6.59. The summed E-state index contributed by atoms with van der Waals surface area (Å²) in [6.07, 6.45) is 0. The van der Waals surface area contributed by atoms with Gasteiger partial charge in [0, 0.05) is 24.8 Å². The number of rotatable bonds is 6. The van der Waals surface area contributed by atoms with E-state index in [1.165, 1.54) is 16.8 Å². The van der Waals surface area contributed by atoms with E-state index < -0.39 is 0 Å². The van der Waals surface area contributed by atoms with Crippen LogP contribution in [0, 0.1) is 6.92 Å². The zero-order valence-electron chi connectivity index (χ0n) is 11.8. The molecule has 1 rings (SSSR count). The van der Waals surface area contributed by atoms with Crippen molar-refractivity contribution in [3.05, 3.63) is 29.3 Å². The van der Waals surface area contributed by atoms with Gasteiger partial charge in [0.15, 0.2) is 0 Å². The molecule has 0 aliphatic rings. The summed E-state index contributed by atoms with van der Waals surface area (Å²) in [5.74, 6) is 0.565. The molecule has 0 saturated carbocycles. The van der Waals surface area contributed by atoms with Crippen molar-refractivity contribution in [2.24, 2.45) is 0 Å². The molecule has 0 fully saturated rings. The average molecular weight is 234 g/mol. The van der Waals surface area contributed by atoms with Crippen molar-refractivity contribution in [1.29, 1.82) is 0 Å². The third-order valence-corrected chi connectivity index (χ3v) is 2.91. The van der Waals surface area contributed by atoms with Crippen LogP contribution in [0.25, 0.3) is 0 Å². The lowest BCUT2D eigenvalue weighted by atomic mass is 9.98. The number of benzene rings is 1. The van der Waals surface area contributed by atoms with E-state index in [0.29, 0.717) is 12.0 Å². The van der Waals surface area contributed by atoms with Gasteiger partial charge in [-0.25, -0.2) is 0 Å². The topological polar surface area (TPSA) is 24.1 Å². The molecule has 0 heterocycles. The van der Waals surface area contributed by atoms with Gasteiger partial charge in [0.05, 0.1) is 0 Å². The van der Waals surface area contributed by atoms with Crippen LogP contribution < -0.4 is 10.6 Å². The van der Waals surface area contributed by atoms with E-state index >= 15 is 0 Å². The highest BCUT2D eigenvalue weighted by Gasteiger charge is 2.07. The first-order valence-electron chi connectivity index (χ1n) is 6.59. The van der Waals surface area contributed by atoms with E-state index in [2.05, 4.69) is 63.5 Å². The Morgan fingerprint density at radius 1 is 1.06 bits per heavy atom. The number of hydrogen-bond donors (Lipinski definition) is 2. The molecule has 2 nitrogen and oxygen atoms in total. The van der Waals surface area contributed by atoms with Crippen LogP contribution in [0.5, 0.6) is 0 Å². The first kappa shape index (κ1) is 14.0.